The summed E-state index contributed by atoms with van der Waals surface area (Å²) in [4.78, 5) is 20.1. The molecule has 134 valence electrons. The highest BCUT2D eigenvalue weighted by Crippen LogP contribution is 2.11. The van der Waals surface area contributed by atoms with Crippen LogP contribution in [0.2, 0.25) is 0 Å². The van der Waals surface area contributed by atoms with Crippen molar-refractivity contribution < 1.29 is 9.90 Å². The maximum Gasteiger partial charge on any atom is 0.335 e. The molecule has 0 atom stereocenters. The molecule has 2 aromatic heterocycles. The maximum atomic E-state index is 11.2. The minimum absolute atomic E-state index is 0.303. The minimum Gasteiger partial charge on any atom is -0.478 e. The number of imidazole rings is 1. The number of aromatic carboxylic acids is 1. The smallest absolute Gasteiger partial charge is 0.335 e. The first-order chi connectivity index (χ1) is 12.6. The van der Waals surface area contributed by atoms with Gasteiger partial charge in [-0.25, -0.2) is 9.78 Å². The molecule has 0 saturated carbocycles. The second-order valence-corrected chi connectivity index (χ2v) is 6.42. The number of hydrogen-bond donors (Lipinski definition) is 1. The fourth-order valence-corrected chi connectivity index (χ4v) is 3.08. The van der Waals surface area contributed by atoms with Crippen molar-refractivity contribution in [1.82, 2.24) is 14.5 Å². The van der Waals surface area contributed by atoms with Crippen LogP contribution in [0.15, 0.2) is 54.9 Å². The number of pyridine rings is 1. The predicted octanol–water partition coefficient (Wildman–Crippen LogP) is 3.70. The quantitative estimate of drug-likeness (QED) is 0.673. The van der Waals surface area contributed by atoms with E-state index in [-0.39, 0.29) is 0 Å². The lowest BCUT2D eigenvalue weighted by Crippen LogP contribution is -2.07. The van der Waals surface area contributed by atoms with Gasteiger partial charge in [-0.3, -0.25) is 4.98 Å². The van der Waals surface area contributed by atoms with E-state index in [4.69, 9.17) is 5.11 Å². The molecule has 1 N–H and O–H groups in total. The van der Waals surface area contributed by atoms with Gasteiger partial charge < -0.3 is 9.67 Å². The number of aromatic nitrogens is 3. The normalized spacial score (nSPS) is 10.8. The first-order valence-electron chi connectivity index (χ1n) is 8.86. The highest BCUT2D eigenvalue weighted by atomic mass is 16.4. The number of hydrogen-bond acceptors (Lipinski definition) is 3. The highest BCUT2D eigenvalue weighted by molar-refractivity contribution is 5.87. The second kappa shape index (κ2) is 8.43. The zero-order chi connectivity index (χ0) is 18.4. The Labute approximate surface area is 153 Å². The largest absolute Gasteiger partial charge is 0.478 e. The van der Waals surface area contributed by atoms with E-state index in [2.05, 4.69) is 38.8 Å². The molecule has 0 bridgehead atoms. The van der Waals surface area contributed by atoms with E-state index < -0.39 is 5.97 Å². The van der Waals surface area contributed by atoms with E-state index in [0.717, 1.165) is 49.4 Å². The van der Waals surface area contributed by atoms with E-state index in [1.165, 1.54) is 5.56 Å². The number of carbonyl (C=O) groups is 1. The van der Waals surface area contributed by atoms with Crippen LogP contribution in [0.3, 0.4) is 0 Å². The number of carboxylic acid groups (broad SMARTS) is 1. The molecule has 0 aliphatic rings. The summed E-state index contributed by atoms with van der Waals surface area (Å²) in [5.41, 5.74) is 3.18. The fourth-order valence-electron chi connectivity index (χ4n) is 3.08. The van der Waals surface area contributed by atoms with E-state index in [9.17, 15) is 4.79 Å². The third-order valence-electron chi connectivity index (χ3n) is 4.37. The summed E-state index contributed by atoms with van der Waals surface area (Å²) in [5, 5.41) is 9.16. The number of rotatable bonds is 8. The van der Waals surface area contributed by atoms with E-state index in [1.54, 1.807) is 12.1 Å². The van der Waals surface area contributed by atoms with Crippen LogP contribution < -0.4 is 0 Å². The number of nitrogens with zero attached hydrogens (tertiary/aromatic N) is 3. The van der Waals surface area contributed by atoms with Crippen molar-refractivity contribution in [2.75, 3.05) is 0 Å². The summed E-state index contributed by atoms with van der Waals surface area (Å²) >= 11 is 0. The first kappa shape index (κ1) is 17.9. The van der Waals surface area contributed by atoms with Gasteiger partial charge in [-0.15, -0.1) is 0 Å². The van der Waals surface area contributed by atoms with Gasteiger partial charge in [-0.05, 0) is 43.9 Å². The standard InChI is InChI=1S/C21H23N3O2/c1-16-14-18(21(25)26)15-19(23-16)8-5-9-20-22-11-13-24(20)12-10-17-6-3-2-4-7-17/h2-4,6-7,11,13-15H,5,8-10,12H2,1H3,(H,25,26). The molecule has 3 rings (SSSR count). The fraction of sp³-hybridized carbons (Fsp3) is 0.286. The Kier molecular flexibility index (Phi) is 5.79. The predicted molar refractivity (Wildman–Crippen MR) is 100 cm³/mol. The molecule has 0 radical (unpaired) electrons. The summed E-state index contributed by atoms with van der Waals surface area (Å²) in [6, 6.07) is 13.7. The maximum absolute atomic E-state index is 11.2. The molecule has 26 heavy (non-hydrogen) atoms. The van der Waals surface area contributed by atoms with Crippen LogP contribution in [-0.4, -0.2) is 25.6 Å². The molecule has 5 heteroatoms. The molecular weight excluding hydrogens is 326 g/mol. The summed E-state index contributed by atoms with van der Waals surface area (Å²) in [7, 11) is 0. The van der Waals surface area contributed by atoms with Gasteiger partial charge in [0.2, 0.25) is 0 Å². The van der Waals surface area contributed by atoms with Gasteiger partial charge in [-0.2, -0.15) is 0 Å². The molecule has 0 saturated heterocycles. The van der Waals surface area contributed by atoms with Crippen LogP contribution >= 0.6 is 0 Å². The van der Waals surface area contributed by atoms with Crippen LogP contribution in [0.1, 0.15) is 39.6 Å². The lowest BCUT2D eigenvalue weighted by molar-refractivity contribution is 0.0696. The Bertz CT molecular complexity index is 872. The highest BCUT2D eigenvalue weighted by Gasteiger charge is 2.08. The number of benzene rings is 1. The summed E-state index contributed by atoms with van der Waals surface area (Å²) in [6.07, 6.45) is 7.32. The molecule has 0 amide bonds. The van der Waals surface area contributed by atoms with Crippen LogP contribution in [0.25, 0.3) is 0 Å². The molecule has 3 aromatic rings. The van der Waals surface area contributed by atoms with Gasteiger partial charge in [0.25, 0.3) is 0 Å². The minimum atomic E-state index is -0.909. The summed E-state index contributed by atoms with van der Waals surface area (Å²) in [5.74, 6) is 0.153. The summed E-state index contributed by atoms with van der Waals surface area (Å²) < 4.78 is 2.19. The molecule has 2 heterocycles. The van der Waals surface area contributed by atoms with Gasteiger partial charge in [0.15, 0.2) is 0 Å². The zero-order valence-electron chi connectivity index (χ0n) is 14.9. The Morgan fingerprint density at radius 2 is 1.92 bits per heavy atom. The topological polar surface area (TPSA) is 68.0 Å². The molecular formula is C21H23N3O2. The van der Waals surface area contributed by atoms with Crippen LogP contribution in [-0.2, 0) is 25.8 Å². The monoisotopic (exact) mass is 349 g/mol. The van der Waals surface area contributed by atoms with Crippen molar-refractivity contribution in [1.29, 1.82) is 0 Å². The average Bonchev–Trinajstić information content (AvgIpc) is 3.08. The van der Waals surface area contributed by atoms with Crippen LogP contribution in [0.4, 0.5) is 0 Å². The Morgan fingerprint density at radius 1 is 1.12 bits per heavy atom. The van der Waals surface area contributed by atoms with Crippen LogP contribution in [0, 0.1) is 6.92 Å². The van der Waals surface area contributed by atoms with Crippen molar-refractivity contribution in [2.45, 2.75) is 39.2 Å². The number of carboxylic acids is 1. The average molecular weight is 349 g/mol. The van der Waals surface area contributed by atoms with Crippen molar-refractivity contribution >= 4 is 5.97 Å². The molecule has 0 fully saturated rings. The molecule has 5 nitrogen and oxygen atoms in total. The van der Waals surface area contributed by atoms with Gasteiger partial charge in [0.1, 0.15) is 5.82 Å². The van der Waals surface area contributed by atoms with E-state index >= 15 is 0 Å². The second-order valence-electron chi connectivity index (χ2n) is 6.42. The third kappa shape index (κ3) is 4.79. The van der Waals surface area contributed by atoms with Gasteiger partial charge in [-0.1, -0.05) is 30.3 Å². The number of aryl methyl sites for hydroxylation is 5. The summed E-state index contributed by atoms with van der Waals surface area (Å²) in [6.45, 7) is 2.73. The lowest BCUT2D eigenvalue weighted by Gasteiger charge is -2.08. The SMILES string of the molecule is Cc1cc(C(=O)O)cc(CCCc2nccn2CCc2ccccc2)n1. The Balaban J connectivity index is 1.56. The molecule has 0 spiro atoms. The van der Waals surface area contributed by atoms with E-state index in [1.807, 2.05) is 25.4 Å². The van der Waals surface area contributed by atoms with Crippen LogP contribution in [0.5, 0.6) is 0 Å². The first-order valence-corrected chi connectivity index (χ1v) is 8.86. The van der Waals surface area contributed by atoms with Crippen molar-refractivity contribution in [2.24, 2.45) is 0 Å². The van der Waals surface area contributed by atoms with Gasteiger partial charge >= 0.3 is 5.97 Å². The third-order valence-corrected chi connectivity index (χ3v) is 4.37. The van der Waals surface area contributed by atoms with Crippen molar-refractivity contribution in [3.05, 3.63) is 83.2 Å². The molecule has 0 unspecified atom stereocenters. The van der Waals surface area contributed by atoms with E-state index in [0.29, 0.717) is 5.56 Å². The van der Waals surface area contributed by atoms with Crippen molar-refractivity contribution in [3.63, 3.8) is 0 Å². The Morgan fingerprint density at radius 3 is 2.69 bits per heavy atom. The Hall–Kier alpha value is -2.95. The van der Waals surface area contributed by atoms with Gasteiger partial charge in [0.05, 0.1) is 5.56 Å². The molecule has 0 aliphatic carbocycles. The van der Waals surface area contributed by atoms with Crippen molar-refractivity contribution in [3.8, 4) is 0 Å². The lowest BCUT2D eigenvalue weighted by atomic mass is 10.1. The van der Waals surface area contributed by atoms with Gasteiger partial charge in [0, 0.05) is 36.7 Å². The molecule has 0 aliphatic heterocycles. The zero-order valence-corrected chi connectivity index (χ0v) is 14.9. The molecule has 1 aromatic carbocycles.